The van der Waals surface area contributed by atoms with Crippen LogP contribution in [0.2, 0.25) is 0 Å². The van der Waals surface area contributed by atoms with Gasteiger partial charge in [-0.25, -0.2) is 4.98 Å². The Morgan fingerprint density at radius 1 is 1.02 bits per heavy atom. The van der Waals surface area contributed by atoms with Crippen LogP contribution in [-0.4, -0.2) is 66.4 Å². The molecular formula is C29H33Cl2F3N6O2. The molecule has 1 saturated heterocycles. The van der Waals surface area contributed by atoms with Crippen molar-refractivity contribution >= 4 is 47.3 Å². The average molecular weight is 626 g/mol. The van der Waals surface area contributed by atoms with E-state index in [4.69, 9.17) is 4.98 Å². The number of hydrogen-bond donors (Lipinski definition) is 2. The van der Waals surface area contributed by atoms with E-state index < -0.39 is 23.9 Å². The van der Waals surface area contributed by atoms with Gasteiger partial charge in [-0.15, -0.1) is 35.0 Å². The number of aliphatic hydroxyl groups is 1. The maximum Gasteiger partial charge on any atom is 0.408 e. The number of nitrogens with one attached hydrogen (secondary N) is 1. The molecule has 0 unspecified atom stereocenters. The van der Waals surface area contributed by atoms with Gasteiger partial charge in [-0.2, -0.15) is 13.2 Å². The number of pyridine rings is 2. The van der Waals surface area contributed by atoms with Crippen LogP contribution in [-0.2, 0) is 0 Å². The fourth-order valence-corrected chi connectivity index (χ4v) is 5.58. The molecule has 2 atom stereocenters. The van der Waals surface area contributed by atoms with E-state index in [9.17, 15) is 23.1 Å². The van der Waals surface area contributed by atoms with Crippen molar-refractivity contribution in [3.05, 3.63) is 59.3 Å². The minimum absolute atomic E-state index is 0. The molecule has 4 heterocycles. The monoisotopic (exact) mass is 624 g/mol. The van der Waals surface area contributed by atoms with Gasteiger partial charge in [0.15, 0.2) is 11.5 Å². The lowest BCUT2D eigenvalue weighted by atomic mass is 9.97. The predicted octanol–water partition coefficient (Wildman–Crippen LogP) is 5.86. The first-order valence-electron chi connectivity index (χ1n) is 13.5. The molecular weight excluding hydrogens is 592 g/mol. The van der Waals surface area contributed by atoms with Gasteiger partial charge in [0.1, 0.15) is 11.7 Å². The first-order chi connectivity index (χ1) is 18.9. The van der Waals surface area contributed by atoms with E-state index in [0.717, 1.165) is 23.8 Å². The number of aromatic nitrogens is 4. The number of fused-ring (bicyclic) bond motifs is 2. The standard InChI is InChI=1S/C29H31F3N6O2.2ClH/c1-28(2,3)34-27(40)20-9-6-17-7-10-21(33-24(17)23(20)16-4-5-16)26-36-35-22-11-8-18(14-38(22)26)25(29(30,31)32)37-13-12-19(39)15-37;;/h6-11,14,16,19,25,39H,4-5,12-13,15H2,1-3H3,(H,34,40);2*1H/t19-,25+;;/m0../s1. The maximum absolute atomic E-state index is 14.2. The number of hydrogen-bond acceptors (Lipinski definition) is 6. The van der Waals surface area contributed by atoms with E-state index >= 15 is 0 Å². The van der Waals surface area contributed by atoms with E-state index in [-0.39, 0.29) is 55.3 Å². The van der Waals surface area contributed by atoms with Gasteiger partial charge in [0.05, 0.1) is 11.6 Å². The highest BCUT2D eigenvalue weighted by Gasteiger charge is 2.46. The second-order valence-corrected chi connectivity index (χ2v) is 11.9. The minimum Gasteiger partial charge on any atom is -0.392 e. The van der Waals surface area contributed by atoms with Crippen molar-refractivity contribution in [1.29, 1.82) is 0 Å². The number of rotatable bonds is 5. The molecule has 1 aliphatic heterocycles. The van der Waals surface area contributed by atoms with Gasteiger partial charge in [-0.3, -0.25) is 14.1 Å². The molecule has 13 heteroatoms. The summed E-state index contributed by atoms with van der Waals surface area (Å²) >= 11 is 0. The summed E-state index contributed by atoms with van der Waals surface area (Å²) in [7, 11) is 0. The van der Waals surface area contributed by atoms with Gasteiger partial charge in [0.25, 0.3) is 5.91 Å². The van der Waals surface area contributed by atoms with Crippen LogP contribution in [0.15, 0.2) is 42.6 Å². The van der Waals surface area contributed by atoms with E-state index in [1.807, 2.05) is 39.0 Å². The van der Waals surface area contributed by atoms with Crippen LogP contribution in [0.25, 0.3) is 28.1 Å². The van der Waals surface area contributed by atoms with E-state index in [1.165, 1.54) is 27.6 Å². The topological polar surface area (TPSA) is 95.7 Å². The molecule has 1 aliphatic carbocycles. The van der Waals surface area contributed by atoms with Crippen molar-refractivity contribution in [3.8, 4) is 11.5 Å². The number of halogens is 5. The van der Waals surface area contributed by atoms with Crippen LogP contribution in [0, 0.1) is 0 Å². The van der Waals surface area contributed by atoms with Crippen molar-refractivity contribution in [1.82, 2.24) is 29.8 Å². The number of benzene rings is 1. The molecule has 0 spiro atoms. The number of alkyl halides is 3. The minimum atomic E-state index is -4.53. The number of β-amino-alcohol motifs (C(OH)–C–C–N with tert-alkyl or cyclic N) is 1. The quantitative estimate of drug-likeness (QED) is 0.289. The van der Waals surface area contributed by atoms with Gasteiger partial charge in [0.2, 0.25) is 0 Å². The Balaban J connectivity index is 0.00000202. The Kier molecular flexibility index (Phi) is 8.82. The summed E-state index contributed by atoms with van der Waals surface area (Å²) in [5, 5.41) is 22.3. The van der Waals surface area contributed by atoms with Crippen LogP contribution >= 0.6 is 24.8 Å². The largest absolute Gasteiger partial charge is 0.408 e. The molecule has 0 radical (unpaired) electrons. The van der Waals surface area contributed by atoms with Crippen molar-refractivity contribution in [3.63, 3.8) is 0 Å². The van der Waals surface area contributed by atoms with E-state index in [1.54, 1.807) is 6.07 Å². The van der Waals surface area contributed by atoms with E-state index in [2.05, 4.69) is 15.5 Å². The fraction of sp³-hybridized carbons (Fsp3) is 0.448. The predicted molar refractivity (Wildman–Crippen MR) is 158 cm³/mol. The molecule has 1 aromatic carbocycles. The van der Waals surface area contributed by atoms with E-state index in [0.29, 0.717) is 34.7 Å². The second kappa shape index (κ2) is 11.6. The highest BCUT2D eigenvalue weighted by molar-refractivity contribution is 6.01. The summed E-state index contributed by atoms with van der Waals surface area (Å²) in [6.07, 6.45) is -1.68. The lowest BCUT2D eigenvalue weighted by Crippen LogP contribution is -2.41. The number of carbonyl (C=O) groups excluding carboxylic acids is 1. The Hall–Kier alpha value is -2.99. The molecule has 0 bridgehead atoms. The molecule has 3 aromatic heterocycles. The Morgan fingerprint density at radius 2 is 1.74 bits per heavy atom. The summed E-state index contributed by atoms with van der Waals surface area (Å²) in [5.74, 6) is 0.371. The Labute approximate surface area is 253 Å². The van der Waals surface area contributed by atoms with Crippen LogP contribution in [0.1, 0.15) is 73.5 Å². The van der Waals surface area contributed by atoms with Crippen molar-refractivity contribution in [2.75, 3.05) is 13.1 Å². The van der Waals surface area contributed by atoms with Crippen LogP contribution in [0.3, 0.4) is 0 Å². The maximum atomic E-state index is 14.2. The average Bonchev–Trinajstić information content (AvgIpc) is 3.49. The number of nitrogens with zero attached hydrogens (tertiary/aromatic N) is 5. The first kappa shape index (κ1) is 31.9. The van der Waals surface area contributed by atoms with Crippen LogP contribution in [0.4, 0.5) is 13.2 Å². The zero-order valence-corrected chi connectivity index (χ0v) is 25.0. The highest BCUT2D eigenvalue weighted by atomic mass is 35.5. The van der Waals surface area contributed by atoms with Gasteiger partial charge >= 0.3 is 6.18 Å². The molecule has 2 N–H and O–H groups in total. The molecule has 2 aliphatic rings. The smallest absolute Gasteiger partial charge is 0.392 e. The van der Waals surface area contributed by atoms with Crippen molar-refractivity contribution < 1.29 is 23.1 Å². The molecule has 4 aromatic rings. The zero-order valence-electron chi connectivity index (χ0n) is 23.4. The van der Waals surface area contributed by atoms with Gasteiger partial charge < -0.3 is 10.4 Å². The molecule has 1 amide bonds. The Morgan fingerprint density at radius 3 is 2.36 bits per heavy atom. The molecule has 226 valence electrons. The lowest BCUT2D eigenvalue weighted by molar-refractivity contribution is -0.184. The summed E-state index contributed by atoms with van der Waals surface area (Å²) in [6.45, 7) is 5.90. The third-order valence-electron chi connectivity index (χ3n) is 7.46. The third-order valence-corrected chi connectivity index (χ3v) is 7.46. The normalized spacial score (nSPS) is 18.5. The van der Waals surface area contributed by atoms with Crippen molar-refractivity contribution in [2.45, 2.75) is 69.8 Å². The van der Waals surface area contributed by atoms with Gasteiger partial charge in [-0.1, -0.05) is 18.2 Å². The first-order valence-corrected chi connectivity index (χ1v) is 13.5. The molecule has 42 heavy (non-hydrogen) atoms. The second-order valence-electron chi connectivity index (χ2n) is 11.9. The molecule has 8 nitrogen and oxygen atoms in total. The molecule has 1 saturated carbocycles. The van der Waals surface area contributed by atoms with Crippen LogP contribution in [0.5, 0.6) is 0 Å². The zero-order chi connectivity index (χ0) is 28.4. The summed E-state index contributed by atoms with van der Waals surface area (Å²) in [4.78, 5) is 19.4. The van der Waals surface area contributed by atoms with Crippen LogP contribution < -0.4 is 5.32 Å². The van der Waals surface area contributed by atoms with Gasteiger partial charge in [0, 0.05) is 35.8 Å². The summed E-state index contributed by atoms with van der Waals surface area (Å²) in [5.41, 5.74) is 2.65. The van der Waals surface area contributed by atoms with Crippen molar-refractivity contribution in [2.24, 2.45) is 0 Å². The highest BCUT2D eigenvalue weighted by Crippen LogP contribution is 2.45. The lowest BCUT2D eigenvalue weighted by Gasteiger charge is -2.29. The number of aliphatic hydroxyl groups excluding tert-OH is 1. The third kappa shape index (κ3) is 6.20. The summed E-state index contributed by atoms with van der Waals surface area (Å²) < 4.78 is 44.2. The number of amides is 1. The number of likely N-dealkylation sites (tertiary alicyclic amines) is 1. The van der Waals surface area contributed by atoms with Gasteiger partial charge in [-0.05, 0) is 75.3 Å². The number of carbonyl (C=O) groups is 1. The molecule has 6 rings (SSSR count). The summed E-state index contributed by atoms with van der Waals surface area (Å²) in [6, 6.07) is 8.44. The SMILES string of the molecule is CC(C)(C)NC(=O)c1ccc2ccc(-c3nnc4ccc([C@@H](N5CC[C@H](O)C5)C(F)(F)F)cn34)nc2c1C1CC1.Cl.Cl. The fourth-order valence-electron chi connectivity index (χ4n) is 5.58. The Bertz CT molecular complexity index is 1620. The molecule has 2 fully saturated rings.